The third kappa shape index (κ3) is 5.72. The number of nitrogens with one attached hydrogen (secondary N) is 1. The van der Waals surface area contributed by atoms with Crippen molar-refractivity contribution in [2.45, 2.75) is 52.1 Å². The molecule has 0 aromatic carbocycles. The van der Waals surface area contributed by atoms with Gasteiger partial charge in [-0.25, -0.2) is 0 Å². The molecule has 0 heterocycles. The molecule has 0 fully saturated rings. The van der Waals surface area contributed by atoms with Crippen LogP contribution in [0.25, 0.3) is 0 Å². The Balaban J connectivity index is 4.11. The number of nitrogens with zero attached hydrogens (tertiary/aromatic N) is 2. The number of hydrogen-bond acceptors (Lipinski definition) is 3. The van der Waals surface area contributed by atoms with Gasteiger partial charge in [-0.1, -0.05) is 6.92 Å². The predicted molar refractivity (Wildman–Crippen MR) is 64.8 cm³/mol. The average molecular weight is 225 g/mol. The van der Waals surface area contributed by atoms with Gasteiger partial charge in [0, 0.05) is 11.6 Å². The van der Waals surface area contributed by atoms with Crippen LogP contribution < -0.4 is 5.32 Å². The summed E-state index contributed by atoms with van der Waals surface area (Å²) < 4.78 is 0. The average Bonchev–Trinajstić information content (AvgIpc) is 2.17. The first-order valence-electron chi connectivity index (χ1n) is 5.70. The summed E-state index contributed by atoms with van der Waals surface area (Å²) in [5.41, 5.74) is -0.156. The van der Waals surface area contributed by atoms with E-state index in [4.69, 9.17) is 5.26 Å². The molecule has 0 aliphatic carbocycles. The Labute approximate surface area is 98.6 Å². The monoisotopic (exact) mass is 225 g/mol. The second-order valence-electron chi connectivity index (χ2n) is 4.91. The lowest BCUT2D eigenvalue weighted by Gasteiger charge is -2.27. The molecule has 0 bridgehead atoms. The van der Waals surface area contributed by atoms with Crippen molar-refractivity contribution in [3.8, 4) is 6.07 Å². The van der Waals surface area contributed by atoms with Gasteiger partial charge in [-0.3, -0.25) is 9.69 Å². The van der Waals surface area contributed by atoms with Crippen LogP contribution in [0.1, 0.15) is 40.5 Å². The van der Waals surface area contributed by atoms with Crippen LogP contribution in [-0.4, -0.2) is 36.0 Å². The van der Waals surface area contributed by atoms with E-state index < -0.39 is 0 Å². The lowest BCUT2D eigenvalue weighted by Crippen LogP contribution is -2.48. The minimum absolute atomic E-state index is 0.0131. The summed E-state index contributed by atoms with van der Waals surface area (Å²) in [5.74, 6) is 0.0131. The van der Waals surface area contributed by atoms with Gasteiger partial charge in [0.15, 0.2) is 0 Å². The lowest BCUT2D eigenvalue weighted by molar-refractivity contribution is -0.124. The Bertz CT molecular complexity index is 268. The number of likely N-dealkylation sites (N-methyl/N-ethyl adjacent to an activating group) is 1. The topological polar surface area (TPSA) is 56.1 Å². The fraction of sp³-hybridized carbons (Fsp3) is 0.833. The summed E-state index contributed by atoms with van der Waals surface area (Å²) in [6.07, 6.45) is 1.34. The van der Waals surface area contributed by atoms with Gasteiger partial charge in [0.2, 0.25) is 5.91 Å². The maximum absolute atomic E-state index is 11.7. The molecule has 0 saturated heterocycles. The lowest BCUT2D eigenvalue weighted by atomic mass is 10.0. The number of rotatable bonds is 6. The van der Waals surface area contributed by atoms with Gasteiger partial charge in [0.25, 0.3) is 0 Å². The van der Waals surface area contributed by atoms with E-state index in [1.165, 1.54) is 0 Å². The number of hydrogen-bond donors (Lipinski definition) is 1. The SMILES string of the molecule is CCC(C)(C)NC(=O)CN(C)C(C)CC#N. The Hall–Kier alpha value is -1.08. The molecule has 0 spiro atoms. The molecule has 16 heavy (non-hydrogen) atoms. The molecule has 1 amide bonds. The highest BCUT2D eigenvalue weighted by Crippen LogP contribution is 2.07. The molecule has 4 nitrogen and oxygen atoms in total. The summed E-state index contributed by atoms with van der Waals surface area (Å²) in [5, 5.41) is 11.5. The van der Waals surface area contributed by atoms with Crippen molar-refractivity contribution in [3.63, 3.8) is 0 Å². The second-order valence-corrected chi connectivity index (χ2v) is 4.91. The molecule has 0 saturated carbocycles. The molecule has 0 aliphatic heterocycles. The molecule has 0 radical (unpaired) electrons. The van der Waals surface area contributed by atoms with Crippen molar-refractivity contribution in [2.75, 3.05) is 13.6 Å². The molecular weight excluding hydrogens is 202 g/mol. The van der Waals surface area contributed by atoms with Gasteiger partial charge in [0.05, 0.1) is 19.0 Å². The molecule has 0 rings (SSSR count). The largest absolute Gasteiger partial charge is 0.350 e. The molecule has 4 heteroatoms. The Morgan fingerprint density at radius 3 is 2.56 bits per heavy atom. The summed E-state index contributed by atoms with van der Waals surface area (Å²) in [4.78, 5) is 13.6. The molecule has 0 aromatic heterocycles. The molecule has 0 aromatic rings. The Kier molecular flexibility index (Phi) is 6.05. The number of carbonyl (C=O) groups is 1. The molecule has 92 valence electrons. The van der Waals surface area contributed by atoms with Crippen molar-refractivity contribution in [1.82, 2.24) is 10.2 Å². The highest BCUT2D eigenvalue weighted by molar-refractivity contribution is 5.78. The Morgan fingerprint density at radius 2 is 2.12 bits per heavy atom. The fourth-order valence-corrected chi connectivity index (χ4v) is 1.18. The fourth-order valence-electron chi connectivity index (χ4n) is 1.18. The van der Waals surface area contributed by atoms with Crippen molar-refractivity contribution >= 4 is 5.91 Å². The summed E-state index contributed by atoms with van der Waals surface area (Å²) >= 11 is 0. The highest BCUT2D eigenvalue weighted by Gasteiger charge is 2.19. The number of nitriles is 1. The van der Waals surface area contributed by atoms with E-state index in [-0.39, 0.29) is 17.5 Å². The quantitative estimate of drug-likeness (QED) is 0.745. The third-order valence-electron chi connectivity index (χ3n) is 2.89. The van der Waals surface area contributed by atoms with Crippen LogP contribution in [0.2, 0.25) is 0 Å². The normalized spacial score (nSPS) is 13.3. The summed E-state index contributed by atoms with van der Waals surface area (Å²) in [6, 6.07) is 2.22. The van der Waals surface area contributed by atoms with E-state index in [2.05, 4.69) is 11.4 Å². The van der Waals surface area contributed by atoms with Crippen LogP contribution in [0.5, 0.6) is 0 Å². The summed E-state index contributed by atoms with van der Waals surface area (Å²) in [7, 11) is 1.86. The standard InChI is InChI=1S/C12H23N3O/c1-6-12(3,4)14-11(16)9-15(5)10(2)7-8-13/h10H,6-7,9H2,1-5H3,(H,14,16). The van der Waals surface area contributed by atoms with Gasteiger partial charge in [-0.2, -0.15) is 5.26 Å². The minimum atomic E-state index is -0.156. The van der Waals surface area contributed by atoms with Crippen molar-refractivity contribution in [2.24, 2.45) is 0 Å². The van der Waals surface area contributed by atoms with Gasteiger partial charge in [-0.05, 0) is 34.2 Å². The van der Waals surface area contributed by atoms with Crippen LogP contribution in [-0.2, 0) is 4.79 Å². The van der Waals surface area contributed by atoms with Crippen LogP contribution in [0.4, 0.5) is 0 Å². The molecule has 0 aliphatic rings. The summed E-state index contributed by atoms with van der Waals surface area (Å²) in [6.45, 7) is 8.34. The zero-order valence-electron chi connectivity index (χ0n) is 11.0. The van der Waals surface area contributed by atoms with Crippen LogP contribution >= 0.6 is 0 Å². The molecular formula is C12H23N3O. The van der Waals surface area contributed by atoms with Crippen molar-refractivity contribution < 1.29 is 4.79 Å². The second kappa shape index (κ2) is 6.49. The van der Waals surface area contributed by atoms with Gasteiger partial charge < -0.3 is 5.32 Å². The first-order chi connectivity index (χ1) is 7.32. The van der Waals surface area contributed by atoms with E-state index in [0.717, 1.165) is 6.42 Å². The highest BCUT2D eigenvalue weighted by atomic mass is 16.2. The van der Waals surface area contributed by atoms with Crippen molar-refractivity contribution in [3.05, 3.63) is 0 Å². The predicted octanol–water partition coefficient (Wildman–Crippen LogP) is 1.53. The van der Waals surface area contributed by atoms with E-state index >= 15 is 0 Å². The first-order valence-corrected chi connectivity index (χ1v) is 5.70. The zero-order valence-corrected chi connectivity index (χ0v) is 11.0. The Morgan fingerprint density at radius 1 is 1.56 bits per heavy atom. The maximum atomic E-state index is 11.7. The van der Waals surface area contributed by atoms with Gasteiger partial charge in [0.1, 0.15) is 0 Å². The van der Waals surface area contributed by atoms with Crippen molar-refractivity contribution in [1.29, 1.82) is 5.26 Å². The zero-order chi connectivity index (χ0) is 12.8. The van der Waals surface area contributed by atoms with Gasteiger partial charge >= 0.3 is 0 Å². The van der Waals surface area contributed by atoms with E-state index in [1.807, 2.05) is 39.6 Å². The van der Waals surface area contributed by atoms with E-state index in [9.17, 15) is 4.79 Å². The molecule has 1 atom stereocenters. The number of carbonyl (C=O) groups excluding carboxylic acids is 1. The smallest absolute Gasteiger partial charge is 0.234 e. The van der Waals surface area contributed by atoms with Crippen LogP contribution in [0.3, 0.4) is 0 Å². The molecule has 1 unspecified atom stereocenters. The van der Waals surface area contributed by atoms with Gasteiger partial charge in [-0.15, -0.1) is 0 Å². The third-order valence-corrected chi connectivity index (χ3v) is 2.89. The molecule has 1 N–H and O–H groups in total. The minimum Gasteiger partial charge on any atom is -0.350 e. The maximum Gasteiger partial charge on any atom is 0.234 e. The number of amides is 1. The van der Waals surface area contributed by atoms with Crippen LogP contribution in [0.15, 0.2) is 0 Å². The van der Waals surface area contributed by atoms with E-state index in [1.54, 1.807) is 0 Å². The van der Waals surface area contributed by atoms with Crippen LogP contribution in [0, 0.1) is 11.3 Å². The first kappa shape index (κ1) is 14.9. The van der Waals surface area contributed by atoms with E-state index in [0.29, 0.717) is 13.0 Å².